The first-order valence-corrected chi connectivity index (χ1v) is 9.37. The predicted octanol–water partition coefficient (Wildman–Crippen LogP) is 3.30. The number of benzene rings is 1. The Labute approximate surface area is 165 Å². The normalized spacial score (nSPS) is 19.1. The lowest BCUT2D eigenvalue weighted by Gasteiger charge is -2.52. The van der Waals surface area contributed by atoms with Gasteiger partial charge in [-0.2, -0.15) is 4.80 Å². The van der Waals surface area contributed by atoms with E-state index in [2.05, 4.69) is 25.5 Å². The van der Waals surface area contributed by atoms with Crippen LogP contribution in [-0.2, 0) is 7.05 Å². The summed E-state index contributed by atoms with van der Waals surface area (Å²) in [7, 11) is 1.62. The molecular formula is C18H21F3N6O2. The number of hydrogen-bond acceptors (Lipinski definition) is 5. The van der Waals surface area contributed by atoms with Crippen molar-refractivity contribution in [2.24, 2.45) is 12.5 Å². The lowest BCUT2D eigenvalue weighted by molar-refractivity contribution is -0.274. The molecule has 1 spiro atoms. The molecule has 8 nitrogen and oxygen atoms in total. The van der Waals surface area contributed by atoms with Crippen LogP contribution in [0.4, 0.5) is 23.9 Å². The van der Waals surface area contributed by atoms with Gasteiger partial charge in [-0.25, -0.2) is 4.79 Å². The number of piperidine rings is 1. The fourth-order valence-corrected chi connectivity index (χ4v) is 4.29. The zero-order valence-corrected chi connectivity index (χ0v) is 15.8. The molecule has 1 aliphatic heterocycles. The van der Waals surface area contributed by atoms with Crippen molar-refractivity contribution in [2.45, 2.75) is 38.0 Å². The second kappa shape index (κ2) is 7.20. The van der Waals surface area contributed by atoms with Gasteiger partial charge in [0.1, 0.15) is 5.75 Å². The number of carbonyl (C=O) groups excluding carboxylic acids is 1. The lowest BCUT2D eigenvalue weighted by Crippen LogP contribution is -2.49. The molecule has 1 aromatic heterocycles. The van der Waals surface area contributed by atoms with Crippen molar-refractivity contribution in [2.75, 3.05) is 18.4 Å². The Morgan fingerprint density at radius 2 is 2.00 bits per heavy atom. The average Bonchev–Trinajstić information content (AvgIpc) is 3.03. The van der Waals surface area contributed by atoms with Crippen LogP contribution in [0.25, 0.3) is 0 Å². The van der Waals surface area contributed by atoms with Crippen molar-refractivity contribution in [1.29, 1.82) is 0 Å². The van der Waals surface area contributed by atoms with E-state index in [1.165, 1.54) is 16.9 Å². The molecule has 2 aliphatic rings. The van der Waals surface area contributed by atoms with Crippen LogP contribution in [0.3, 0.4) is 0 Å². The number of aromatic nitrogens is 4. The van der Waals surface area contributed by atoms with Crippen molar-refractivity contribution >= 4 is 12.0 Å². The Morgan fingerprint density at radius 1 is 1.28 bits per heavy atom. The molecule has 29 heavy (non-hydrogen) atoms. The highest BCUT2D eigenvalue weighted by Crippen LogP contribution is 2.56. The molecular weight excluding hydrogens is 389 g/mol. The van der Waals surface area contributed by atoms with E-state index in [4.69, 9.17) is 0 Å². The minimum Gasteiger partial charge on any atom is -0.406 e. The van der Waals surface area contributed by atoms with Crippen LogP contribution in [0.1, 0.15) is 37.2 Å². The molecule has 156 valence electrons. The van der Waals surface area contributed by atoms with Crippen LogP contribution in [0.5, 0.6) is 5.75 Å². The highest BCUT2D eigenvalue weighted by Gasteiger charge is 2.47. The van der Waals surface area contributed by atoms with Crippen molar-refractivity contribution in [3.63, 3.8) is 0 Å². The summed E-state index contributed by atoms with van der Waals surface area (Å²) in [6.07, 6.45) is -1.14. The van der Waals surface area contributed by atoms with Crippen molar-refractivity contribution in [3.8, 4) is 5.75 Å². The molecule has 2 aromatic rings. The van der Waals surface area contributed by atoms with Crippen LogP contribution >= 0.6 is 0 Å². The Kier molecular flexibility index (Phi) is 4.83. The van der Waals surface area contributed by atoms with E-state index < -0.39 is 6.36 Å². The summed E-state index contributed by atoms with van der Waals surface area (Å²) in [6.45, 7) is 1.24. The van der Waals surface area contributed by atoms with Gasteiger partial charge in [0.15, 0.2) is 0 Å². The first-order chi connectivity index (χ1) is 13.7. The summed E-state index contributed by atoms with van der Waals surface area (Å²) in [6, 6.07) is 5.97. The number of likely N-dealkylation sites (tertiary alicyclic amines) is 1. The van der Waals surface area contributed by atoms with Crippen LogP contribution in [0, 0.1) is 5.41 Å². The van der Waals surface area contributed by atoms with Gasteiger partial charge >= 0.3 is 12.4 Å². The fourth-order valence-electron chi connectivity index (χ4n) is 4.29. The summed E-state index contributed by atoms with van der Waals surface area (Å²) in [4.78, 5) is 15.3. The minimum atomic E-state index is -4.69. The van der Waals surface area contributed by atoms with Crippen LogP contribution < -0.4 is 10.1 Å². The summed E-state index contributed by atoms with van der Waals surface area (Å²) in [5.74, 6) is 0.207. The van der Waals surface area contributed by atoms with Gasteiger partial charge in [-0.1, -0.05) is 17.2 Å². The number of carbonyl (C=O) groups is 1. The van der Waals surface area contributed by atoms with E-state index in [9.17, 15) is 18.0 Å². The lowest BCUT2D eigenvalue weighted by atomic mass is 9.56. The van der Waals surface area contributed by atoms with E-state index in [0.717, 1.165) is 31.2 Å². The molecule has 0 unspecified atom stereocenters. The third kappa shape index (κ3) is 4.43. The molecule has 2 heterocycles. The molecule has 0 atom stereocenters. The summed E-state index contributed by atoms with van der Waals surface area (Å²) in [5.41, 5.74) is 1.01. The first-order valence-electron chi connectivity index (χ1n) is 9.37. The highest BCUT2D eigenvalue weighted by atomic mass is 19.4. The molecule has 1 saturated heterocycles. The van der Waals surface area contributed by atoms with E-state index in [0.29, 0.717) is 13.1 Å². The number of tetrazole rings is 1. The van der Waals surface area contributed by atoms with E-state index >= 15 is 0 Å². The summed E-state index contributed by atoms with van der Waals surface area (Å²) in [5, 5.41) is 14.0. The van der Waals surface area contributed by atoms with Gasteiger partial charge in [-0.3, -0.25) is 5.32 Å². The minimum absolute atomic E-state index is 0.146. The highest BCUT2D eigenvalue weighted by molar-refractivity contribution is 5.87. The van der Waals surface area contributed by atoms with Crippen molar-refractivity contribution < 1.29 is 22.7 Å². The summed E-state index contributed by atoms with van der Waals surface area (Å²) >= 11 is 0. The topological polar surface area (TPSA) is 85.2 Å². The Hall–Kier alpha value is -2.85. The number of halogens is 3. The molecule has 0 radical (unpaired) electrons. The molecule has 1 N–H and O–H groups in total. The van der Waals surface area contributed by atoms with Crippen LogP contribution in [-0.4, -0.2) is 50.6 Å². The molecule has 4 rings (SSSR count). The number of rotatable bonds is 3. The molecule has 2 amide bonds. The number of ether oxygens (including phenoxy) is 1. The third-order valence-corrected chi connectivity index (χ3v) is 5.76. The second-order valence-electron chi connectivity index (χ2n) is 7.75. The van der Waals surface area contributed by atoms with Gasteiger partial charge in [-0.05, 0) is 59.9 Å². The van der Waals surface area contributed by atoms with Gasteiger partial charge in [0.05, 0.1) is 7.05 Å². The van der Waals surface area contributed by atoms with Crippen LogP contribution in [0.2, 0.25) is 0 Å². The first kappa shape index (κ1) is 19.5. The van der Waals surface area contributed by atoms with Gasteiger partial charge in [0, 0.05) is 13.1 Å². The van der Waals surface area contributed by atoms with E-state index in [1.54, 1.807) is 18.0 Å². The number of aryl methyl sites for hydroxylation is 1. The molecule has 0 bridgehead atoms. The number of nitrogens with one attached hydrogen (secondary N) is 1. The maximum absolute atomic E-state index is 12.4. The summed E-state index contributed by atoms with van der Waals surface area (Å²) < 4.78 is 41.3. The monoisotopic (exact) mass is 410 g/mol. The number of alkyl halides is 3. The number of amides is 2. The standard InChI is InChI=1S/C18H21F3N6O2/c1-26-24-15(23-25-26)22-16(28)27-7-5-17(6-8-27)10-13(11-17)12-3-2-4-14(9-12)29-18(19,20)21/h2-4,9,13H,5-8,10-11H2,1H3,(H,22,24,28). The zero-order chi connectivity index (χ0) is 20.6. The Balaban J connectivity index is 1.29. The molecule has 2 fully saturated rings. The van der Waals surface area contributed by atoms with Crippen molar-refractivity contribution in [3.05, 3.63) is 29.8 Å². The second-order valence-corrected chi connectivity index (χ2v) is 7.75. The van der Waals surface area contributed by atoms with E-state index in [-0.39, 0.29) is 29.1 Å². The van der Waals surface area contributed by atoms with Gasteiger partial charge in [0.25, 0.3) is 5.95 Å². The molecule has 1 aliphatic carbocycles. The quantitative estimate of drug-likeness (QED) is 0.839. The largest absolute Gasteiger partial charge is 0.573 e. The van der Waals surface area contributed by atoms with Gasteiger partial charge in [0.2, 0.25) is 0 Å². The SMILES string of the molecule is Cn1nnc(NC(=O)N2CCC3(CC2)CC(c2cccc(OC(F)(F)F)c2)C3)n1. The van der Waals surface area contributed by atoms with Crippen LogP contribution in [0.15, 0.2) is 24.3 Å². The number of anilines is 1. The molecule has 1 aromatic carbocycles. The maximum atomic E-state index is 12.4. The van der Waals surface area contributed by atoms with E-state index in [1.807, 2.05) is 6.07 Å². The number of hydrogen-bond donors (Lipinski definition) is 1. The average molecular weight is 410 g/mol. The fraction of sp³-hybridized carbons (Fsp3) is 0.556. The Bertz CT molecular complexity index is 884. The number of urea groups is 1. The van der Waals surface area contributed by atoms with Crippen molar-refractivity contribution in [1.82, 2.24) is 25.1 Å². The molecule has 1 saturated carbocycles. The maximum Gasteiger partial charge on any atom is 0.573 e. The van der Waals surface area contributed by atoms with Gasteiger partial charge in [-0.15, -0.1) is 18.3 Å². The third-order valence-electron chi connectivity index (χ3n) is 5.76. The predicted molar refractivity (Wildman–Crippen MR) is 96.2 cm³/mol. The number of nitrogens with zero attached hydrogens (tertiary/aromatic N) is 5. The smallest absolute Gasteiger partial charge is 0.406 e. The Morgan fingerprint density at radius 3 is 2.62 bits per heavy atom. The zero-order valence-electron chi connectivity index (χ0n) is 15.8. The molecule has 11 heteroatoms. The van der Waals surface area contributed by atoms with Gasteiger partial charge < -0.3 is 9.64 Å².